The van der Waals surface area contributed by atoms with Gasteiger partial charge >= 0.3 is 0 Å². The average molecular weight is 195 g/mol. The van der Waals surface area contributed by atoms with Gasteiger partial charge in [-0.2, -0.15) is 0 Å². The molecular weight excluding hydrogens is 178 g/mol. The highest BCUT2D eigenvalue weighted by molar-refractivity contribution is 5.85. The van der Waals surface area contributed by atoms with E-state index in [4.69, 9.17) is 0 Å². The summed E-state index contributed by atoms with van der Waals surface area (Å²) < 4.78 is 3.58. The molecule has 0 fully saturated rings. The molecule has 1 aromatic rings. The number of aromatic nitrogens is 2. The Bertz CT molecular complexity index is 309. The first-order chi connectivity index (χ1) is 6.66. The number of aryl methyl sites for hydroxylation is 2. The lowest BCUT2D eigenvalue weighted by Crippen LogP contribution is -2.40. The predicted molar refractivity (Wildman–Crippen MR) is 52.9 cm³/mol. The van der Waals surface area contributed by atoms with E-state index in [9.17, 15) is 5.11 Å². The van der Waals surface area contributed by atoms with Crippen LogP contribution in [0.2, 0.25) is 0 Å². The Hall–Kier alpha value is -1.32. The number of hydrogen-bond acceptors (Lipinski definition) is 2. The van der Waals surface area contributed by atoms with E-state index >= 15 is 0 Å². The van der Waals surface area contributed by atoms with Gasteiger partial charge < -0.3 is 5.11 Å². The standard InChI is InChI=1S/C10H17N3O/c1-4-5-6-11-9(14)10-12(2)7-8-13(10)3/h7-8H,4-6H2,1-3H3. The summed E-state index contributed by atoms with van der Waals surface area (Å²) in [4.78, 5) is 4.00. The lowest BCUT2D eigenvalue weighted by atomic mass is 10.3. The fourth-order valence-corrected chi connectivity index (χ4v) is 1.30. The summed E-state index contributed by atoms with van der Waals surface area (Å²) in [7, 11) is 3.70. The van der Waals surface area contributed by atoms with E-state index in [1.54, 1.807) is 9.13 Å². The summed E-state index contributed by atoms with van der Waals surface area (Å²) in [5, 5.41) is 11.6. The van der Waals surface area contributed by atoms with Crippen molar-refractivity contribution >= 4 is 5.90 Å². The van der Waals surface area contributed by atoms with E-state index in [1.807, 2.05) is 26.5 Å². The van der Waals surface area contributed by atoms with Gasteiger partial charge in [0.05, 0.1) is 20.0 Å². The van der Waals surface area contributed by atoms with E-state index in [0.29, 0.717) is 12.4 Å². The Morgan fingerprint density at radius 1 is 1.64 bits per heavy atom. The highest BCUT2D eigenvalue weighted by Crippen LogP contribution is 1.93. The average Bonchev–Trinajstić information content (AvgIpc) is 2.46. The summed E-state index contributed by atoms with van der Waals surface area (Å²) >= 11 is 0. The van der Waals surface area contributed by atoms with Gasteiger partial charge in [0, 0.05) is 6.54 Å². The summed E-state index contributed by atoms with van der Waals surface area (Å²) in [6, 6.07) is 0. The van der Waals surface area contributed by atoms with Crippen molar-refractivity contribution in [3.8, 4) is 0 Å². The second-order valence-corrected chi connectivity index (χ2v) is 3.38. The van der Waals surface area contributed by atoms with Crippen LogP contribution in [0.3, 0.4) is 0 Å². The van der Waals surface area contributed by atoms with Gasteiger partial charge in [-0.15, -0.1) is 0 Å². The number of hydrogen-bond donors (Lipinski definition) is 0. The van der Waals surface area contributed by atoms with Crippen LogP contribution < -0.4 is 9.67 Å². The molecule has 0 aliphatic carbocycles. The molecule has 0 amide bonds. The third-order valence-electron chi connectivity index (χ3n) is 2.14. The van der Waals surface area contributed by atoms with Crippen molar-refractivity contribution in [2.75, 3.05) is 6.54 Å². The second-order valence-electron chi connectivity index (χ2n) is 3.38. The van der Waals surface area contributed by atoms with Gasteiger partial charge in [0.2, 0.25) is 0 Å². The zero-order valence-corrected chi connectivity index (χ0v) is 9.03. The molecule has 4 heteroatoms. The molecule has 0 saturated carbocycles. The van der Waals surface area contributed by atoms with E-state index in [0.717, 1.165) is 12.8 Å². The molecule has 0 radical (unpaired) electrons. The minimum Gasteiger partial charge on any atom is -0.853 e. The van der Waals surface area contributed by atoms with Gasteiger partial charge in [0.25, 0.3) is 5.82 Å². The van der Waals surface area contributed by atoms with Crippen LogP contribution in [0.15, 0.2) is 17.4 Å². The molecule has 0 aliphatic rings. The molecule has 1 heterocycles. The lowest BCUT2D eigenvalue weighted by Gasteiger charge is -2.06. The second kappa shape index (κ2) is 4.79. The molecule has 0 bridgehead atoms. The van der Waals surface area contributed by atoms with Gasteiger partial charge in [-0.25, -0.2) is 9.13 Å². The van der Waals surface area contributed by atoms with Crippen molar-refractivity contribution in [2.24, 2.45) is 19.1 Å². The van der Waals surface area contributed by atoms with Gasteiger partial charge in [0.1, 0.15) is 12.4 Å². The van der Waals surface area contributed by atoms with Crippen LogP contribution in [-0.4, -0.2) is 17.0 Å². The molecule has 0 N–H and O–H groups in total. The fraction of sp³-hybridized carbons (Fsp3) is 0.600. The van der Waals surface area contributed by atoms with Gasteiger partial charge in [-0.3, -0.25) is 4.99 Å². The maximum atomic E-state index is 11.6. The molecule has 78 valence electrons. The Balaban J connectivity index is 2.77. The van der Waals surface area contributed by atoms with Crippen LogP contribution >= 0.6 is 0 Å². The quantitative estimate of drug-likeness (QED) is 0.283. The fourth-order valence-electron chi connectivity index (χ4n) is 1.30. The maximum absolute atomic E-state index is 11.6. The first-order valence-electron chi connectivity index (χ1n) is 4.89. The Labute approximate surface area is 84.5 Å². The highest BCUT2D eigenvalue weighted by Gasteiger charge is 2.10. The van der Waals surface area contributed by atoms with Crippen molar-refractivity contribution in [3.63, 3.8) is 0 Å². The smallest absolute Gasteiger partial charge is 0.291 e. The SMILES string of the molecule is CCCCN=C([O-])c1n(C)cc[n+]1C. The Kier molecular flexibility index (Phi) is 3.68. The minimum atomic E-state index is -0.131. The number of nitrogens with zero attached hydrogens (tertiary/aromatic N) is 3. The predicted octanol–water partition coefficient (Wildman–Crippen LogP) is -0.243. The molecule has 0 unspecified atom stereocenters. The van der Waals surface area contributed by atoms with Crippen molar-refractivity contribution < 1.29 is 9.67 Å². The monoisotopic (exact) mass is 195 g/mol. The molecule has 0 aromatic carbocycles. The number of unbranched alkanes of at least 4 members (excludes halogenated alkanes) is 1. The van der Waals surface area contributed by atoms with Crippen molar-refractivity contribution in [1.29, 1.82) is 0 Å². The third-order valence-corrected chi connectivity index (χ3v) is 2.14. The lowest BCUT2D eigenvalue weighted by molar-refractivity contribution is -0.674. The number of rotatable bonds is 4. The van der Waals surface area contributed by atoms with Crippen LogP contribution in [0.25, 0.3) is 0 Å². The van der Waals surface area contributed by atoms with Crippen LogP contribution in [0.1, 0.15) is 25.6 Å². The zero-order chi connectivity index (χ0) is 10.6. The van der Waals surface area contributed by atoms with Gasteiger partial charge in [0.15, 0.2) is 0 Å². The summed E-state index contributed by atoms with van der Waals surface area (Å²) in [5.74, 6) is 0.495. The van der Waals surface area contributed by atoms with E-state index in [-0.39, 0.29) is 5.90 Å². The van der Waals surface area contributed by atoms with Crippen LogP contribution in [0.5, 0.6) is 0 Å². The normalized spacial score (nSPS) is 12.1. The van der Waals surface area contributed by atoms with Crippen molar-refractivity contribution in [1.82, 2.24) is 4.57 Å². The minimum absolute atomic E-state index is 0.131. The highest BCUT2D eigenvalue weighted by atomic mass is 16.3. The first-order valence-corrected chi connectivity index (χ1v) is 4.89. The van der Waals surface area contributed by atoms with Gasteiger partial charge in [-0.05, 0) is 6.42 Å². The molecule has 4 nitrogen and oxygen atoms in total. The third kappa shape index (κ3) is 2.34. The molecule has 14 heavy (non-hydrogen) atoms. The van der Waals surface area contributed by atoms with Crippen molar-refractivity contribution in [2.45, 2.75) is 19.8 Å². The first kappa shape index (κ1) is 10.8. The van der Waals surface area contributed by atoms with E-state index in [1.165, 1.54) is 0 Å². The summed E-state index contributed by atoms with van der Waals surface area (Å²) in [5.41, 5.74) is 0. The maximum Gasteiger partial charge on any atom is 0.291 e. The zero-order valence-electron chi connectivity index (χ0n) is 9.03. The molecule has 0 atom stereocenters. The molecule has 0 aliphatic heterocycles. The van der Waals surface area contributed by atoms with E-state index < -0.39 is 0 Å². The van der Waals surface area contributed by atoms with Gasteiger partial charge in [-0.1, -0.05) is 13.3 Å². The number of imidazole rings is 1. The van der Waals surface area contributed by atoms with Crippen LogP contribution in [0.4, 0.5) is 0 Å². The molecule has 1 rings (SSSR count). The Morgan fingerprint density at radius 2 is 2.36 bits per heavy atom. The summed E-state index contributed by atoms with van der Waals surface area (Å²) in [6.07, 6.45) is 5.74. The molecule has 1 aromatic heterocycles. The molecule has 0 saturated heterocycles. The molecule has 0 spiro atoms. The van der Waals surface area contributed by atoms with E-state index in [2.05, 4.69) is 11.9 Å². The molecular formula is C10H17N3O. The Morgan fingerprint density at radius 3 is 2.86 bits per heavy atom. The van der Waals surface area contributed by atoms with Crippen molar-refractivity contribution in [3.05, 3.63) is 18.2 Å². The summed E-state index contributed by atoms with van der Waals surface area (Å²) in [6.45, 7) is 2.71. The van der Waals surface area contributed by atoms with Crippen LogP contribution in [0, 0.1) is 0 Å². The van der Waals surface area contributed by atoms with Crippen LogP contribution in [-0.2, 0) is 14.1 Å². The number of aliphatic imine (C=N–C) groups is 1. The topological polar surface area (TPSA) is 44.2 Å². The largest absolute Gasteiger partial charge is 0.853 e.